The number of likely N-dealkylation sites (N-methyl/N-ethyl adjacent to an activating group) is 1. The lowest BCUT2D eigenvalue weighted by Crippen LogP contribution is -2.30. The van der Waals surface area contributed by atoms with Crippen LogP contribution in [0.4, 0.5) is 0 Å². The minimum absolute atomic E-state index is 0.573. The van der Waals surface area contributed by atoms with E-state index in [1.807, 2.05) is 6.07 Å². The molecule has 0 amide bonds. The average Bonchev–Trinajstić information content (AvgIpc) is 2.92. The molecule has 0 aromatic heterocycles. The Kier molecular flexibility index (Phi) is 4.03. The molecule has 1 aliphatic rings. The van der Waals surface area contributed by atoms with Crippen molar-refractivity contribution >= 4 is 0 Å². The van der Waals surface area contributed by atoms with Crippen LogP contribution in [0.5, 0.6) is 5.75 Å². The number of likely N-dealkylation sites (tertiary alicyclic amines) is 1. The minimum atomic E-state index is 0.573. The van der Waals surface area contributed by atoms with Crippen LogP contribution in [0, 0.1) is 0 Å². The zero-order chi connectivity index (χ0) is 13.8. The monoisotopic (exact) mass is 267 g/mol. The van der Waals surface area contributed by atoms with Gasteiger partial charge in [0, 0.05) is 6.04 Å². The summed E-state index contributed by atoms with van der Waals surface area (Å²) in [5, 5.41) is 0. The molecular weight excluding hydrogens is 246 g/mol. The SMILES string of the molecule is CN1CCC[C@H]1COc1ccc(-c2ccccc2)cc1. The lowest BCUT2D eigenvalue weighted by Gasteiger charge is -2.19. The second-order valence-corrected chi connectivity index (χ2v) is 5.48. The summed E-state index contributed by atoms with van der Waals surface area (Å²) < 4.78 is 5.91. The number of hydrogen-bond acceptors (Lipinski definition) is 2. The highest BCUT2D eigenvalue weighted by Crippen LogP contribution is 2.23. The molecule has 2 heteroatoms. The van der Waals surface area contributed by atoms with Gasteiger partial charge in [-0.05, 0) is 49.7 Å². The zero-order valence-corrected chi connectivity index (χ0v) is 12.0. The summed E-state index contributed by atoms with van der Waals surface area (Å²) in [6.07, 6.45) is 2.54. The molecule has 0 aliphatic carbocycles. The highest BCUT2D eigenvalue weighted by Gasteiger charge is 2.21. The van der Waals surface area contributed by atoms with E-state index in [4.69, 9.17) is 4.74 Å². The summed E-state index contributed by atoms with van der Waals surface area (Å²) in [5.74, 6) is 0.963. The first-order valence-corrected chi connectivity index (χ1v) is 7.31. The van der Waals surface area contributed by atoms with Crippen LogP contribution >= 0.6 is 0 Å². The van der Waals surface area contributed by atoms with Gasteiger partial charge >= 0.3 is 0 Å². The lowest BCUT2D eigenvalue weighted by atomic mass is 10.1. The van der Waals surface area contributed by atoms with Crippen LogP contribution in [0.15, 0.2) is 54.6 Å². The number of hydrogen-bond donors (Lipinski definition) is 0. The Balaban J connectivity index is 1.62. The van der Waals surface area contributed by atoms with Crippen molar-refractivity contribution in [3.8, 4) is 16.9 Å². The predicted octanol–water partition coefficient (Wildman–Crippen LogP) is 3.83. The summed E-state index contributed by atoms with van der Waals surface area (Å²) in [6.45, 7) is 1.99. The maximum atomic E-state index is 5.91. The van der Waals surface area contributed by atoms with Gasteiger partial charge in [0.25, 0.3) is 0 Å². The maximum absolute atomic E-state index is 5.91. The molecule has 1 heterocycles. The Bertz CT molecular complexity index is 535. The molecule has 0 unspecified atom stereocenters. The molecule has 0 saturated carbocycles. The van der Waals surface area contributed by atoms with E-state index in [0.717, 1.165) is 12.4 Å². The third-order valence-corrected chi connectivity index (χ3v) is 4.08. The molecule has 104 valence electrons. The summed E-state index contributed by atoms with van der Waals surface area (Å²) in [7, 11) is 2.18. The average molecular weight is 267 g/mol. The van der Waals surface area contributed by atoms with E-state index >= 15 is 0 Å². The topological polar surface area (TPSA) is 12.5 Å². The Morgan fingerprint density at radius 1 is 1.00 bits per heavy atom. The molecule has 1 saturated heterocycles. The normalized spacial score (nSPS) is 19.1. The van der Waals surface area contributed by atoms with Crippen LogP contribution in [-0.2, 0) is 0 Å². The van der Waals surface area contributed by atoms with Crippen molar-refractivity contribution in [3.63, 3.8) is 0 Å². The van der Waals surface area contributed by atoms with Gasteiger partial charge in [-0.25, -0.2) is 0 Å². The molecule has 1 fully saturated rings. The van der Waals surface area contributed by atoms with Crippen molar-refractivity contribution in [1.29, 1.82) is 0 Å². The van der Waals surface area contributed by atoms with Gasteiger partial charge in [0.1, 0.15) is 12.4 Å². The molecule has 0 N–H and O–H groups in total. The molecule has 0 bridgehead atoms. The van der Waals surface area contributed by atoms with E-state index in [1.165, 1.54) is 30.5 Å². The molecule has 20 heavy (non-hydrogen) atoms. The van der Waals surface area contributed by atoms with Gasteiger partial charge in [0.15, 0.2) is 0 Å². The molecular formula is C18H21NO. The number of benzene rings is 2. The van der Waals surface area contributed by atoms with Gasteiger partial charge in [-0.2, -0.15) is 0 Å². The summed E-state index contributed by atoms with van der Waals surface area (Å²) in [4.78, 5) is 2.39. The van der Waals surface area contributed by atoms with E-state index in [1.54, 1.807) is 0 Å². The van der Waals surface area contributed by atoms with E-state index in [2.05, 4.69) is 60.5 Å². The molecule has 3 rings (SSSR count). The van der Waals surface area contributed by atoms with Crippen molar-refractivity contribution in [3.05, 3.63) is 54.6 Å². The fraction of sp³-hybridized carbons (Fsp3) is 0.333. The lowest BCUT2D eigenvalue weighted by molar-refractivity contribution is 0.198. The molecule has 1 atom stereocenters. The van der Waals surface area contributed by atoms with Gasteiger partial charge < -0.3 is 9.64 Å². The van der Waals surface area contributed by atoms with Crippen LogP contribution < -0.4 is 4.74 Å². The molecule has 2 aromatic rings. The summed E-state index contributed by atoms with van der Waals surface area (Å²) in [6, 6.07) is 19.4. The van der Waals surface area contributed by atoms with E-state index in [0.29, 0.717) is 6.04 Å². The summed E-state index contributed by atoms with van der Waals surface area (Å²) in [5.41, 5.74) is 2.48. The molecule has 0 spiro atoms. The van der Waals surface area contributed by atoms with Crippen LogP contribution in [0.1, 0.15) is 12.8 Å². The van der Waals surface area contributed by atoms with Crippen molar-refractivity contribution in [1.82, 2.24) is 4.90 Å². The van der Waals surface area contributed by atoms with Crippen LogP contribution in [0.3, 0.4) is 0 Å². The van der Waals surface area contributed by atoms with E-state index in [9.17, 15) is 0 Å². The Hall–Kier alpha value is -1.80. The summed E-state index contributed by atoms with van der Waals surface area (Å²) >= 11 is 0. The van der Waals surface area contributed by atoms with Crippen molar-refractivity contribution in [2.75, 3.05) is 20.2 Å². The highest BCUT2D eigenvalue weighted by atomic mass is 16.5. The van der Waals surface area contributed by atoms with Gasteiger partial charge in [-0.3, -0.25) is 0 Å². The van der Waals surface area contributed by atoms with Crippen LogP contribution in [-0.4, -0.2) is 31.1 Å². The first-order chi connectivity index (χ1) is 9.83. The van der Waals surface area contributed by atoms with Gasteiger partial charge in [-0.1, -0.05) is 42.5 Å². The molecule has 2 aromatic carbocycles. The Labute approximate surface area is 121 Å². The smallest absolute Gasteiger partial charge is 0.119 e. The Morgan fingerprint density at radius 3 is 2.35 bits per heavy atom. The minimum Gasteiger partial charge on any atom is -0.492 e. The molecule has 1 aliphatic heterocycles. The second-order valence-electron chi connectivity index (χ2n) is 5.48. The zero-order valence-electron chi connectivity index (χ0n) is 12.0. The van der Waals surface area contributed by atoms with Crippen LogP contribution in [0.25, 0.3) is 11.1 Å². The van der Waals surface area contributed by atoms with Crippen molar-refractivity contribution in [2.45, 2.75) is 18.9 Å². The number of rotatable bonds is 4. The quantitative estimate of drug-likeness (QED) is 0.835. The Morgan fingerprint density at radius 2 is 1.70 bits per heavy atom. The largest absolute Gasteiger partial charge is 0.492 e. The van der Waals surface area contributed by atoms with Crippen LogP contribution in [0.2, 0.25) is 0 Å². The van der Waals surface area contributed by atoms with E-state index in [-0.39, 0.29) is 0 Å². The van der Waals surface area contributed by atoms with E-state index < -0.39 is 0 Å². The first kappa shape index (κ1) is 13.2. The molecule has 2 nitrogen and oxygen atoms in total. The number of ether oxygens (including phenoxy) is 1. The predicted molar refractivity (Wildman–Crippen MR) is 83.0 cm³/mol. The third kappa shape index (κ3) is 3.02. The van der Waals surface area contributed by atoms with Gasteiger partial charge in [0.2, 0.25) is 0 Å². The second kappa shape index (κ2) is 6.10. The standard InChI is InChI=1S/C18H21NO/c1-19-13-5-8-17(19)14-20-18-11-9-16(10-12-18)15-6-3-2-4-7-15/h2-4,6-7,9-12,17H,5,8,13-14H2,1H3/t17-/m0/s1. The van der Waals surface area contributed by atoms with Gasteiger partial charge in [-0.15, -0.1) is 0 Å². The fourth-order valence-electron chi connectivity index (χ4n) is 2.76. The maximum Gasteiger partial charge on any atom is 0.119 e. The molecule has 0 radical (unpaired) electrons. The third-order valence-electron chi connectivity index (χ3n) is 4.08. The fourth-order valence-corrected chi connectivity index (χ4v) is 2.76. The number of nitrogens with zero attached hydrogens (tertiary/aromatic N) is 1. The first-order valence-electron chi connectivity index (χ1n) is 7.31. The highest BCUT2D eigenvalue weighted by molar-refractivity contribution is 5.63. The van der Waals surface area contributed by atoms with Crippen molar-refractivity contribution in [2.24, 2.45) is 0 Å². The van der Waals surface area contributed by atoms with Gasteiger partial charge in [0.05, 0.1) is 0 Å². The van der Waals surface area contributed by atoms with Crippen molar-refractivity contribution < 1.29 is 4.74 Å².